The predicted octanol–water partition coefficient (Wildman–Crippen LogP) is 3.11. The Balaban J connectivity index is 3.11. The molecular weight excluding hydrogens is 235 g/mol. The van der Waals surface area contributed by atoms with Gasteiger partial charge in [-0.15, -0.1) is 0 Å². The van der Waals surface area contributed by atoms with E-state index >= 15 is 0 Å². The lowest BCUT2D eigenvalue weighted by Crippen LogP contribution is -2.19. The van der Waals surface area contributed by atoms with Crippen molar-refractivity contribution in [1.29, 1.82) is 0 Å². The van der Waals surface area contributed by atoms with Crippen LogP contribution in [0.5, 0.6) is 0 Å². The van der Waals surface area contributed by atoms with E-state index in [0.717, 1.165) is 6.07 Å². The molecule has 1 rings (SSSR count). The van der Waals surface area contributed by atoms with Crippen molar-refractivity contribution in [2.45, 2.75) is 12.1 Å². The fourth-order valence-electron chi connectivity index (χ4n) is 1.60. The monoisotopic (exact) mass is 249 g/mol. The molecule has 1 atom stereocenters. The number of hydrogen-bond acceptors (Lipinski definition) is 2. The first-order valence-corrected chi connectivity index (χ1v) is 6.25. The fraction of sp³-hybridized carbons (Fsp3) is 0.455. The van der Waals surface area contributed by atoms with Crippen molar-refractivity contribution in [2.24, 2.45) is 5.73 Å². The van der Waals surface area contributed by atoms with Gasteiger partial charge < -0.3 is 5.73 Å². The molecule has 0 aromatic heterocycles. The Morgan fingerprint density at radius 1 is 1.31 bits per heavy atom. The van der Waals surface area contributed by atoms with Gasteiger partial charge in [0, 0.05) is 11.7 Å². The highest BCUT2D eigenvalue weighted by molar-refractivity contribution is 7.98. The van der Waals surface area contributed by atoms with Crippen molar-refractivity contribution in [3.8, 4) is 0 Å². The molecular formula is C11H14F3NS. The molecule has 0 radical (unpaired) electrons. The number of halogens is 3. The molecule has 1 aromatic carbocycles. The zero-order valence-corrected chi connectivity index (χ0v) is 9.74. The van der Waals surface area contributed by atoms with Crippen LogP contribution in [0.15, 0.2) is 24.3 Å². The second-order valence-corrected chi connectivity index (χ2v) is 4.38. The highest BCUT2D eigenvalue weighted by Gasteiger charge is 2.34. The van der Waals surface area contributed by atoms with E-state index in [0.29, 0.717) is 11.3 Å². The van der Waals surface area contributed by atoms with E-state index < -0.39 is 11.7 Å². The maximum Gasteiger partial charge on any atom is 0.416 e. The molecule has 5 heteroatoms. The summed E-state index contributed by atoms with van der Waals surface area (Å²) in [5.74, 6) is 0.358. The average molecular weight is 249 g/mol. The summed E-state index contributed by atoms with van der Waals surface area (Å²) in [4.78, 5) is 0. The van der Waals surface area contributed by atoms with E-state index in [1.165, 1.54) is 23.9 Å². The van der Waals surface area contributed by atoms with Crippen molar-refractivity contribution in [3.63, 3.8) is 0 Å². The van der Waals surface area contributed by atoms with Gasteiger partial charge in [-0.25, -0.2) is 0 Å². The van der Waals surface area contributed by atoms with Gasteiger partial charge in [0.1, 0.15) is 0 Å². The first kappa shape index (κ1) is 13.4. The van der Waals surface area contributed by atoms with Crippen LogP contribution in [0, 0.1) is 0 Å². The smallest absolute Gasteiger partial charge is 0.330 e. The summed E-state index contributed by atoms with van der Waals surface area (Å²) in [5, 5.41) is 0. The number of thioether (sulfide) groups is 1. The summed E-state index contributed by atoms with van der Waals surface area (Å²) in [7, 11) is 0. The number of hydrogen-bond donors (Lipinski definition) is 1. The van der Waals surface area contributed by atoms with Gasteiger partial charge in [-0.3, -0.25) is 0 Å². The average Bonchev–Trinajstić information content (AvgIpc) is 2.25. The molecule has 0 aliphatic rings. The van der Waals surface area contributed by atoms with Crippen LogP contribution in [0.3, 0.4) is 0 Å². The molecule has 0 aliphatic carbocycles. The first-order chi connectivity index (χ1) is 7.50. The first-order valence-electron chi connectivity index (χ1n) is 4.85. The lowest BCUT2D eigenvalue weighted by Gasteiger charge is -2.19. The van der Waals surface area contributed by atoms with Gasteiger partial charge in [-0.2, -0.15) is 24.9 Å². The number of alkyl halides is 3. The largest absolute Gasteiger partial charge is 0.416 e. The third kappa shape index (κ3) is 3.15. The molecule has 0 saturated heterocycles. The molecule has 0 saturated carbocycles. The second kappa shape index (κ2) is 5.59. The zero-order valence-electron chi connectivity index (χ0n) is 8.92. The Labute approximate surface area is 97.2 Å². The third-order valence-corrected chi connectivity index (χ3v) is 3.09. The standard InChI is InChI=1S/C11H14F3NS/c1-16-7-8(6-15)9-4-2-3-5-10(9)11(12,13)14/h2-5,8H,6-7,15H2,1H3. The zero-order chi connectivity index (χ0) is 12.2. The predicted molar refractivity (Wildman–Crippen MR) is 61.6 cm³/mol. The summed E-state index contributed by atoms with van der Waals surface area (Å²) >= 11 is 1.50. The van der Waals surface area contributed by atoms with Crippen molar-refractivity contribution in [1.82, 2.24) is 0 Å². The molecule has 0 fully saturated rings. The van der Waals surface area contributed by atoms with E-state index in [1.54, 1.807) is 6.07 Å². The third-order valence-electron chi connectivity index (χ3n) is 2.36. The van der Waals surface area contributed by atoms with E-state index in [4.69, 9.17) is 5.73 Å². The molecule has 0 amide bonds. The Morgan fingerprint density at radius 3 is 2.44 bits per heavy atom. The van der Waals surface area contributed by atoms with Crippen LogP contribution in [0.4, 0.5) is 13.2 Å². The van der Waals surface area contributed by atoms with Gasteiger partial charge in [-0.05, 0) is 24.4 Å². The van der Waals surface area contributed by atoms with Crippen molar-refractivity contribution in [3.05, 3.63) is 35.4 Å². The summed E-state index contributed by atoms with van der Waals surface area (Å²) in [6, 6.07) is 5.64. The van der Waals surface area contributed by atoms with Crippen molar-refractivity contribution in [2.75, 3.05) is 18.6 Å². The van der Waals surface area contributed by atoms with Gasteiger partial charge >= 0.3 is 6.18 Å². The van der Waals surface area contributed by atoms with Crippen molar-refractivity contribution < 1.29 is 13.2 Å². The number of rotatable bonds is 4. The highest BCUT2D eigenvalue weighted by atomic mass is 32.2. The van der Waals surface area contributed by atoms with Crippen LogP contribution < -0.4 is 5.73 Å². The molecule has 0 bridgehead atoms. The molecule has 90 valence electrons. The van der Waals surface area contributed by atoms with Gasteiger partial charge in [0.25, 0.3) is 0 Å². The Hall–Kier alpha value is -0.680. The minimum atomic E-state index is -4.30. The van der Waals surface area contributed by atoms with E-state index in [-0.39, 0.29) is 12.5 Å². The highest BCUT2D eigenvalue weighted by Crippen LogP contribution is 2.35. The maximum atomic E-state index is 12.7. The molecule has 1 unspecified atom stereocenters. The Bertz CT molecular complexity index is 338. The van der Waals surface area contributed by atoms with Crippen LogP contribution in [-0.4, -0.2) is 18.6 Å². The van der Waals surface area contributed by atoms with Gasteiger partial charge in [0.15, 0.2) is 0 Å². The Kier molecular flexibility index (Phi) is 4.68. The molecule has 1 nitrogen and oxygen atoms in total. The van der Waals surface area contributed by atoms with Gasteiger partial charge in [0.05, 0.1) is 5.56 Å². The lowest BCUT2D eigenvalue weighted by atomic mass is 9.95. The van der Waals surface area contributed by atoms with E-state index in [1.807, 2.05) is 6.26 Å². The van der Waals surface area contributed by atoms with Crippen molar-refractivity contribution >= 4 is 11.8 Å². The minimum Gasteiger partial charge on any atom is -0.330 e. The maximum absolute atomic E-state index is 12.7. The van der Waals surface area contributed by atoms with Crippen LogP contribution >= 0.6 is 11.8 Å². The number of benzene rings is 1. The SMILES string of the molecule is CSCC(CN)c1ccccc1C(F)(F)F. The fourth-order valence-corrected chi connectivity index (χ4v) is 2.32. The van der Waals surface area contributed by atoms with E-state index in [2.05, 4.69) is 0 Å². The van der Waals surface area contributed by atoms with Crippen LogP contribution in [0.2, 0.25) is 0 Å². The summed E-state index contributed by atoms with van der Waals surface area (Å²) in [5.41, 5.74) is 5.25. The molecule has 1 aromatic rings. The van der Waals surface area contributed by atoms with Crippen LogP contribution in [0.25, 0.3) is 0 Å². The second-order valence-electron chi connectivity index (χ2n) is 3.47. The van der Waals surface area contributed by atoms with Crippen LogP contribution in [-0.2, 0) is 6.18 Å². The Morgan fingerprint density at radius 2 is 1.94 bits per heavy atom. The molecule has 0 heterocycles. The molecule has 0 spiro atoms. The summed E-state index contributed by atoms with van der Waals surface area (Å²) < 4.78 is 38.2. The normalized spacial score (nSPS) is 13.8. The molecule has 0 aliphatic heterocycles. The molecule has 16 heavy (non-hydrogen) atoms. The van der Waals surface area contributed by atoms with E-state index in [9.17, 15) is 13.2 Å². The minimum absolute atomic E-state index is 0.230. The van der Waals surface area contributed by atoms with Gasteiger partial charge in [0.2, 0.25) is 0 Å². The van der Waals surface area contributed by atoms with Crippen LogP contribution in [0.1, 0.15) is 17.0 Å². The number of nitrogens with two attached hydrogens (primary N) is 1. The molecule has 2 N–H and O–H groups in total. The van der Waals surface area contributed by atoms with Gasteiger partial charge in [-0.1, -0.05) is 18.2 Å². The summed E-state index contributed by atoms with van der Waals surface area (Å²) in [6.07, 6.45) is -2.44. The quantitative estimate of drug-likeness (QED) is 0.887. The summed E-state index contributed by atoms with van der Waals surface area (Å²) in [6.45, 7) is 0.230. The topological polar surface area (TPSA) is 26.0 Å². The lowest BCUT2D eigenvalue weighted by molar-refractivity contribution is -0.138.